The van der Waals surface area contributed by atoms with Crippen molar-refractivity contribution < 1.29 is 9.59 Å². The molecule has 1 saturated heterocycles. The number of carbonyl (C=O) groups is 2. The van der Waals surface area contributed by atoms with Crippen molar-refractivity contribution in [3.05, 3.63) is 6.54 Å². The van der Waals surface area contributed by atoms with Gasteiger partial charge in [-0.1, -0.05) is 0 Å². The van der Waals surface area contributed by atoms with E-state index in [-0.39, 0.29) is 0 Å². The largest absolute Gasteiger partial charge is 0.322 e. The number of hydrogen-bond donors (Lipinski definition) is 2. The normalized spacial score (nSPS) is 18.9. The first-order chi connectivity index (χ1) is 3.29. The van der Waals surface area contributed by atoms with Crippen LogP contribution >= 0.6 is 0 Å². The number of amides is 3. The molecule has 1 aliphatic heterocycles. The number of imide groups is 1. The highest BCUT2D eigenvalue weighted by Gasteiger charge is 2.16. The van der Waals surface area contributed by atoms with Gasteiger partial charge in [0.1, 0.15) is 0 Å². The first-order valence-corrected chi connectivity index (χ1v) is 1.66. The SMILES string of the molecule is O=C1[C]NC(=O)N1. The monoisotopic (exact) mass is 98.0 g/mol. The number of urea groups is 1. The number of rotatable bonds is 0. The molecule has 0 aromatic carbocycles. The summed E-state index contributed by atoms with van der Waals surface area (Å²) in [5.74, 6) is -0.509. The summed E-state index contributed by atoms with van der Waals surface area (Å²) in [6.45, 7) is 2.02. The van der Waals surface area contributed by atoms with Crippen molar-refractivity contribution in [1.82, 2.24) is 10.6 Å². The molecule has 1 heterocycles. The van der Waals surface area contributed by atoms with Crippen molar-refractivity contribution in [2.45, 2.75) is 0 Å². The third-order valence-corrected chi connectivity index (χ3v) is 0.517. The topological polar surface area (TPSA) is 58.2 Å². The van der Waals surface area contributed by atoms with Gasteiger partial charge >= 0.3 is 6.03 Å². The molecule has 36 valence electrons. The van der Waals surface area contributed by atoms with E-state index in [0.29, 0.717) is 0 Å². The van der Waals surface area contributed by atoms with Gasteiger partial charge in [-0.3, -0.25) is 10.1 Å². The van der Waals surface area contributed by atoms with E-state index in [2.05, 4.69) is 0 Å². The van der Waals surface area contributed by atoms with E-state index in [0.717, 1.165) is 0 Å². The Hall–Kier alpha value is -1.06. The minimum absolute atomic E-state index is 0.509. The fourth-order valence-corrected chi connectivity index (χ4v) is 0.279. The molecular weight excluding hydrogens is 96.0 g/mol. The van der Waals surface area contributed by atoms with Gasteiger partial charge in [0.05, 0.1) is 0 Å². The van der Waals surface area contributed by atoms with Crippen LogP contribution in [0.2, 0.25) is 0 Å². The molecule has 0 unspecified atom stereocenters. The van der Waals surface area contributed by atoms with Crippen molar-refractivity contribution in [2.75, 3.05) is 0 Å². The van der Waals surface area contributed by atoms with Gasteiger partial charge < -0.3 is 5.32 Å². The summed E-state index contributed by atoms with van der Waals surface area (Å²) in [6, 6.07) is -0.509. The molecule has 0 saturated carbocycles. The van der Waals surface area contributed by atoms with E-state index in [1.165, 1.54) is 0 Å². The van der Waals surface area contributed by atoms with E-state index < -0.39 is 11.9 Å². The van der Waals surface area contributed by atoms with Crippen LogP contribution in [0.15, 0.2) is 0 Å². The molecule has 0 aliphatic carbocycles. The van der Waals surface area contributed by atoms with Gasteiger partial charge in [0.2, 0.25) is 0 Å². The Balaban J connectivity index is 2.55. The molecule has 2 radical (unpaired) electrons. The molecule has 0 bridgehead atoms. The van der Waals surface area contributed by atoms with Gasteiger partial charge in [-0.05, 0) is 0 Å². The molecule has 4 heteroatoms. The van der Waals surface area contributed by atoms with Gasteiger partial charge in [-0.2, -0.15) is 0 Å². The Labute approximate surface area is 39.9 Å². The second-order valence-corrected chi connectivity index (χ2v) is 1.03. The van der Waals surface area contributed by atoms with E-state index in [1.54, 1.807) is 0 Å². The third-order valence-electron chi connectivity index (χ3n) is 0.517. The molecule has 3 amide bonds. The fourth-order valence-electron chi connectivity index (χ4n) is 0.279. The third kappa shape index (κ3) is 0.677. The number of carbonyl (C=O) groups excluding carboxylic acids is 2. The van der Waals surface area contributed by atoms with Crippen LogP contribution in [0.4, 0.5) is 4.79 Å². The van der Waals surface area contributed by atoms with Crippen molar-refractivity contribution in [3.63, 3.8) is 0 Å². The van der Waals surface area contributed by atoms with Crippen molar-refractivity contribution in [3.8, 4) is 0 Å². The lowest BCUT2D eigenvalue weighted by Crippen LogP contribution is -2.22. The van der Waals surface area contributed by atoms with E-state index in [1.807, 2.05) is 17.2 Å². The summed E-state index contributed by atoms with van der Waals surface area (Å²) in [4.78, 5) is 19.9. The molecule has 1 aliphatic rings. The lowest BCUT2D eigenvalue weighted by atomic mass is 10.7. The van der Waals surface area contributed by atoms with Crippen LogP contribution in [0.3, 0.4) is 0 Å². The predicted octanol–water partition coefficient (Wildman–Crippen LogP) is -1.14. The summed E-state index contributed by atoms with van der Waals surface area (Å²) in [5, 5.41) is 3.94. The van der Waals surface area contributed by atoms with E-state index >= 15 is 0 Å². The Morgan fingerprint density at radius 3 is 2.29 bits per heavy atom. The van der Waals surface area contributed by atoms with Crippen molar-refractivity contribution in [1.29, 1.82) is 0 Å². The summed E-state index contributed by atoms with van der Waals surface area (Å²) in [5.41, 5.74) is 0. The number of hydrogen-bond acceptors (Lipinski definition) is 2. The lowest BCUT2D eigenvalue weighted by molar-refractivity contribution is -0.116. The Kier molecular flexibility index (Phi) is 0.714. The van der Waals surface area contributed by atoms with Crippen molar-refractivity contribution >= 4 is 11.9 Å². The second-order valence-electron chi connectivity index (χ2n) is 1.03. The van der Waals surface area contributed by atoms with Crippen LogP contribution < -0.4 is 10.6 Å². The van der Waals surface area contributed by atoms with Crippen LogP contribution in [-0.4, -0.2) is 11.9 Å². The Morgan fingerprint density at radius 2 is 2.14 bits per heavy atom. The molecule has 0 spiro atoms. The fraction of sp³-hybridized carbons (Fsp3) is 0. The molecule has 4 nitrogen and oxygen atoms in total. The Morgan fingerprint density at radius 1 is 1.43 bits per heavy atom. The quantitative estimate of drug-likeness (QED) is 0.376. The average Bonchev–Trinajstić information content (AvgIpc) is 1.87. The maximum Gasteiger partial charge on any atom is 0.322 e. The lowest BCUT2D eigenvalue weighted by Gasteiger charge is -1.78. The van der Waals surface area contributed by atoms with Gasteiger partial charge in [0.15, 0.2) is 6.54 Å². The molecule has 1 fully saturated rings. The second kappa shape index (κ2) is 1.22. The zero-order chi connectivity index (χ0) is 5.28. The van der Waals surface area contributed by atoms with Crippen LogP contribution in [-0.2, 0) is 4.79 Å². The molecule has 0 aromatic rings. The highest BCUT2D eigenvalue weighted by molar-refractivity contribution is 6.05. The summed E-state index contributed by atoms with van der Waals surface area (Å²) >= 11 is 0. The summed E-state index contributed by atoms with van der Waals surface area (Å²) in [7, 11) is 0. The summed E-state index contributed by atoms with van der Waals surface area (Å²) < 4.78 is 0. The molecule has 1 rings (SSSR count). The zero-order valence-corrected chi connectivity index (χ0v) is 3.32. The highest BCUT2D eigenvalue weighted by Crippen LogP contribution is 1.79. The average molecular weight is 98.1 g/mol. The predicted molar refractivity (Wildman–Crippen MR) is 19.9 cm³/mol. The zero-order valence-electron chi connectivity index (χ0n) is 3.32. The highest BCUT2D eigenvalue weighted by atomic mass is 16.2. The van der Waals surface area contributed by atoms with Crippen LogP contribution in [0.25, 0.3) is 0 Å². The molecular formula is C3H2N2O2. The minimum atomic E-state index is -0.509. The van der Waals surface area contributed by atoms with Gasteiger partial charge in [0.25, 0.3) is 5.91 Å². The maximum absolute atomic E-state index is 9.95. The van der Waals surface area contributed by atoms with Crippen LogP contribution in [0.1, 0.15) is 0 Å². The first kappa shape index (κ1) is 4.11. The van der Waals surface area contributed by atoms with E-state index in [9.17, 15) is 9.59 Å². The molecule has 7 heavy (non-hydrogen) atoms. The standard InChI is InChI=1S/C3H2N2O2/c6-2-1-4-3(7)5-2/h(H2,4,5,6,7). The Bertz CT molecular complexity index is 106. The van der Waals surface area contributed by atoms with Crippen LogP contribution in [0.5, 0.6) is 0 Å². The minimum Gasteiger partial charge on any atom is -0.318 e. The number of nitrogens with one attached hydrogen (secondary N) is 2. The van der Waals surface area contributed by atoms with Gasteiger partial charge in [-0.15, -0.1) is 0 Å². The summed E-state index contributed by atoms with van der Waals surface area (Å²) in [6.07, 6.45) is 0. The van der Waals surface area contributed by atoms with E-state index in [4.69, 9.17) is 0 Å². The molecule has 0 atom stereocenters. The smallest absolute Gasteiger partial charge is 0.318 e. The first-order valence-electron chi connectivity index (χ1n) is 1.66. The van der Waals surface area contributed by atoms with Gasteiger partial charge in [-0.25, -0.2) is 4.79 Å². The van der Waals surface area contributed by atoms with Gasteiger partial charge in [0, 0.05) is 0 Å². The molecule has 2 N–H and O–H groups in total. The molecule has 0 aromatic heterocycles. The maximum atomic E-state index is 9.95. The van der Waals surface area contributed by atoms with Crippen LogP contribution in [0, 0.1) is 6.54 Å². The van der Waals surface area contributed by atoms with Crippen molar-refractivity contribution in [2.24, 2.45) is 0 Å².